The zero-order valence-electron chi connectivity index (χ0n) is 11.0. The maximum atomic E-state index is 11.9. The summed E-state index contributed by atoms with van der Waals surface area (Å²) in [6.45, 7) is 7.10. The van der Waals surface area contributed by atoms with Gasteiger partial charge in [-0.3, -0.25) is 9.13 Å². The van der Waals surface area contributed by atoms with Gasteiger partial charge in [-0.1, -0.05) is 25.9 Å². The van der Waals surface area contributed by atoms with E-state index in [1.54, 1.807) is 21.5 Å². The Kier molecular flexibility index (Phi) is 3.64. The highest BCUT2D eigenvalue weighted by Crippen LogP contribution is 2.10. The summed E-state index contributed by atoms with van der Waals surface area (Å²) in [6.07, 6.45) is 4.47. The van der Waals surface area contributed by atoms with Crippen molar-refractivity contribution in [2.24, 2.45) is 0 Å². The first-order chi connectivity index (χ1) is 8.61. The molecule has 0 amide bonds. The zero-order valence-corrected chi connectivity index (χ0v) is 11.0. The van der Waals surface area contributed by atoms with E-state index in [0.29, 0.717) is 18.3 Å². The fourth-order valence-corrected chi connectivity index (χ4v) is 1.70. The Morgan fingerprint density at radius 3 is 2.67 bits per heavy atom. The van der Waals surface area contributed by atoms with Gasteiger partial charge in [-0.2, -0.15) is 4.98 Å². The van der Waals surface area contributed by atoms with Gasteiger partial charge in [0, 0.05) is 24.9 Å². The molecular formula is C12H18N4O2. The molecule has 0 N–H and O–H groups in total. The molecule has 0 spiro atoms. The van der Waals surface area contributed by atoms with Crippen LogP contribution >= 0.6 is 0 Å². The van der Waals surface area contributed by atoms with Gasteiger partial charge < -0.3 is 4.52 Å². The molecule has 2 heterocycles. The zero-order chi connectivity index (χ0) is 13.1. The molecule has 0 fully saturated rings. The molecule has 0 aliphatic carbocycles. The van der Waals surface area contributed by atoms with Crippen LogP contribution in [0.3, 0.4) is 0 Å². The molecule has 0 aliphatic heterocycles. The van der Waals surface area contributed by atoms with Crippen LogP contribution in [0, 0.1) is 0 Å². The van der Waals surface area contributed by atoms with E-state index in [0.717, 1.165) is 13.0 Å². The SMILES string of the molecule is CCCn1ccn(Cc2noc(C(C)C)n2)c1=O. The fourth-order valence-electron chi connectivity index (χ4n) is 1.70. The molecule has 0 bridgehead atoms. The molecule has 6 nitrogen and oxygen atoms in total. The van der Waals surface area contributed by atoms with Crippen molar-refractivity contribution in [1.82, 2.24) is 19.3 Å². The van der Waals surface area contributed by atoms with Crippen LogP contribution < -0.4 is 5.69 Å². The first-order valence-corrected chi connectivity index (χ1v) is 6.20. The van der Waals surface area contributed by atoms with E-state index in [1.165, 1.54) is 0 Å². The average Bonchev–Trinajstić information content (AvgIpc) is 2.91. The van der Waals surface area contributed by atoms with Crippen LogP contribution in [-0.2, 0) is 13.1 Å². The lowest BCUT2D eigenvalue weighted by Crippen LogP contribution is -2.24. The van der Waals surface area contributed by atoms with E-state index in [9.17, 15) is 4.79 Å². The van der Waals surface area contributed by atoms with E-state index >= 15 is 0 Å². The second-order valence-electron chi connectivity index (χ2n) is 4.61. The lowest BCUT2D eigenvalue weighted by molar-refractivity contribution is 0.359. The number of nitrogens with zero attached hydrogens (tertiary/aromatic N) is 4. The van der Waals surface area contributed by atoms with Crippen LogP contribution in [0.4, 0.5) is 0 Å². The third-order valence-corrected chi connectivity index (χ3v) is 2.67. The Bertz CT molecular complexity index is 565. The summed E-state index contributed by atoms with van der Waals surface area (Å²) in [5, 5.41) is 3.87. The standard InChI is InChI=1S/C12H18N4O2/c1-4-5-15-6-7-16(12(15)17)8-10-13-11(9(2)3)18-14-10/h6-7,9H,4-5,8H2,1-3H3. The molecule has 0 aromatic carbocycles. The first-order valence-electron chi connectivity index (χ1n) is 6.20. The van der Waals surface area contributed by atoms with Crippen molar-refractivity contribution in [3.05, 3.63) is 34.6 Å². The highest BCUT2D eigenvalue weighted by atomic mass is 16.5. The topological polar surface area (TPSA) is 65.8 Å². The van der Waals surface area contributed by atoms with E-state index in [-0.39, 0.29) is 11.6 Å². The Morgan fingerprint density at radius 1 is 1.33 bits per heavy atom. The van der Waals surface area contributed by atoms with Gasteiger partial charge in [0.2, 0.25) is 5.89 Å². The molecule has 18 heavy (non-hydrogen) atoms. The quantitative estimate of drug-likeness (QED) is 0.808. The van der Waals surface area contributed by atoms with Gasteiger partial charge in [0.1, 0.15) is 0 Å². The summed E-state index contributed by atoms with van der Waals surface area (Å²) in [5.41, 5.74) is -0.0345. The van der Waals surface area contributed by atoms with Gasteiger partial charge in [-0.25, -0.2) is 4.79 Å². The minimum Gasteiger partial charge on any atom is -0.339 e. The molecule has 0 saturated carbocycles. The van der Waals surface area contributed by atoms with Crippen LogP contribution in [0.15, 0.2) is 21.7 Å². The lowest BCUT2D eigenvalue weighted by atomic mass is 10.2. The number of rotatable bonds is 5. The number of aryl methyl sites for hydroxylation is 1. The monoisotopic (exact) mass is 250 g/mol. The summed E-state index contributed by atoms with van der Waals surface area (Å²) in [4.78, 5) is 16.2. The Hall–Kier alpha value is -1.85. The van der Waals surface area contributed by atoms with Gasteiger partial charge in [0.05, 0.1) is 6.54 Å². The van der Waals surface area contributed by atoms with Crippen LogP contribution in [-0.4, -0.2) is 19.3 Å². The van der Waals surface area contributed by atoms with Gasteiger partial charge in [0.25, 0.3) is 0 Å². The largest absolute Gasteiger partial charge is 0.339 e. The Balaban J connectivity index is 2.15. The molecular weight excluding hydrogens is 232 g/mol. The summed E-state index contributed by atoms with van der Waals surface area (Å²) in [5.74, 6) is 1.34. The number of imidazole rings is 1. The second-order valence-corrected chi connectivity index (χ2v) is 4.61. The molecule has 2 aromatic heterocycles. The van der Waals surface area contributed by atoms with Crippen LogP contribution in [0.1, 0.15) is 44.8 Å². The lowest BCUT2D eigenvalue weighted by Gasteiger charge is -1.97. The predicted octanol–water partition coefficient (Wildman–Crippen LogP) is 1.61. The first kappa shape index (κ1) is 12.6. The normalized spacial score (nSPS) is 11.3. The minimum atomic E-state index is -0.0345. The molecule has 6 heteroatoms. The summed E-state index contributed by atoms with van der Waals surface area (Å²) >= 11 is 0. The minimum absolute atomic E-state index is 0.0345. The molecule has 0 unspecified atom stereocenters. The van der Waals surface area contributed by atoms with Crippen molar-refractivity contribution in [2.45, 2.75) is 46.2 Å². The Labute approximate surface area is 105 Å². The van der Waals surface area contributed by atoms with Crippen molar-refractivity contribution < 1.29 is 4.52 Å². The van der Waals surface area contributed by atoms with E-state index < -0.39 is 0 Å². The molecule has 2 rings (SSSR count). The van der Waals surface area contributed by atoms with Crippen molar-refractivity contribution in [1.29, 1.82) is 0 Å². The molecule has 0 aliphatic rings. The summed E-state index contributed by atoms with van der Waals surface area (Å²) in [6, 6.07) is 0. The third-order valence-electron chi connectivity index (χ3n) is 2.67. The molecule has 98 valence electrons. The third kappa shape index (κ3) is 2.52. The van der Waals surface area contributed by atoms with Gasteiger partial charge in [-0.05, 0) is 6.42 Å². The fraction of sp³-hybridized carbons (Fsp3) is 0.583. The second kappa shape index (κ2) is 5.20. The number of hydrogen-bond donors (Lipinski definition) is 0. The van der Waals surface area contributed by atoms with Crippen LogP contribution in [0.25, 0.3) is 0 Å². The maximum Gasteiger partial charge on any atom is 0.328 e. The van der Waals surface area contributed by atoms with E-state index in [4.69, 9.17) is 4.52 Å². The highest BCUT2D eigenvalue weighted by molar-refractivity contribution is 4.93. The van der Waals surface area contributed by atoms with Crippen molar-refractivity contribution >= 4 is 0 Å². The van der Waals surface area contributed by atoms with Gasteiger partial charge in [0.15, 0.2) is 5.82 Å². The molecule has 0 radical (unpaired) electrons. The predicted molar refractivity (Wildman–Crippen MR) is 66.5 cm³/mol. The van der Waals surface area contributed by atoms with Gasteiger partial charge >= 0.3 is 5.69 Å². The van der Waals surface area contributed by atoms with Crippen LogP contribution in [0.5, 0.6) is 0 Å². The van der Waals surface area contributed by atoms with E-state index in [1.807, 2.05) is 20.8 Å². The summed E-state index contributed by atoms with van der Waals surface area (Å²) in [7, 11) is 0. The van der Waals surface area contributed by atoms with Crippen molar-refractivity contribution in [2.75, 3.05) is 0 Å². The van der Waals surface area contributed by atoms with Crippen LogP contribution in [0.2, 0.25) is 0 Å². The maximum absolute atomic E-state index is 11.9. The van der Waals surface area contributed by atoms with E-state index in [2.05, 4.69) is 10.1 Å². The molecule has 0 saturated heterocycles. The number of aromatic nitrogens is 4. The van der Waals surface area contributed by atoms with Crippen molar-refractivity contribution in [3.8, 4) is 0 Å². The molecule has 0 atom stereocenters. The van der Waals surface area contributed by atoms with Crippen molar-refractivity contribution in [3.63, 3.8) is 0 Å². The molecule has 2 aromatic rings. The summed E-state index contributed by atoms with van der Waals surface area (Å²) < 4.78 is 8.38. The van der Waals surface area contributed by atoms with Gasteiger partial charge in [-0.15, -0.1) is 0 Å². The average molecular weight is 250 g/mol. The smallest absolute Gasteiger partial charge is 0.328 e. The Morgan fingerprint density at radius 2 is 2.06 bits per heavy atom. The highest BCUT2D eigenvalue weighted by Gasteiger charge is 2.11. The number of hydrogen-bond acceptors (Lipinski definition) is 4.